The minimum atomic E-state index is 0.623. The average molecular weight is 311 g/mol. The monoisotopic (exact) mass is 311 g/mol. The largest absolute Gasteiger partial charge is 0.378 e. The van der Waals surface area contributed by atoms with Gasteiger partial charge in [-0.1, -0.05) is 24.3 Å². The van der Waals surface area contributed by atoms with Crippen LogP contribution in [0.1, 0.15) is 10.4 Å². The Morgan fingerprint density at radius 1 is 1.29 bits per heavy atom. The maximum absolute atomic E-state index is 9.51. The predicted molar refractivity (Wildman–Crippen MR) is 89.9 cm³/mol. The number of nitrogens with zero attached hydrogens (tertiary/aromatic N) is 2. The lowest BCUT2D eigenvalue weighted by Gasteiger charge is -2.13. The molecule has 0 aliphatic heterocycles. The van der Waals surface area contributed by atoms with Crippen LogP contribution in [0.3, 0.4) is 0 Å². The fraction of sp³-hybridized carbons (Fsp3) is 0.125. The molecule has 0 bridgehead atoms. The molecule has 21 heavy (non-hydrogen) atoms. The lowest BCUT2D eigenvalue weighted by molar-refractivity contribution is 1.13. The number of fused-ring (bicyclic) bond motifs is 1. The first-order valence-electron chi connectivity index (χ1n) is 6.46. The molecule has 2 aromatic heterocycles. The Balaban J connectivity index is 2.11. The summed E-state index contributed by atoms with van der Waals surface area (Å²) in [5.74, 6) is 0. The number of rotatable bonds is 4. The van der Waals surface area contributed by atoms with E-state index in [4.69, 9.17) is 0 Å². The maximum Gasteiger partial charge on any atom is 0.116 e. The van der Waals surface area contributed by atoms with Gasteiger partial charge in [-0.15, -0.1) is 23.1 Å². The first-order valence-corrected chi connectivity index (χ1v) is 8.57. The van der Waals surface area contributed by atoms with Crippen molar-refractivity contribution in [3.8, 4) is 6.07 Å². The Morgan fingerprint density at radius 3 is 2.86 bits per heavy atom. The Labute approximate surface area is 131 Å². The highest BCUT2D eigenvalue weighted by Crippen LogP contribution is 2.32. The standard InChI is InChI=1S/C16H13N3S2/c1-20-16-13(9-17)15(18-10-11-5-4-8-21-11)12-6-2-3-7-14(12)19-16/h2-8H,10H2,1H3,(H,18,19). The summed E-state index contributed by atoms with van der Waals surface area (Å²) in [5.41, 5.74) is 2.41. The zero-order chi connectivity index (χ0) is 14.7. The van der Waals surface area contributed by atoms with Crippen LogP contribution in [0.25, 0.3) is 10.9 Å². The molecule has 1 N–H and O–H groups in total. The SMILES string of the molecule is CSc1nc2ccccc2c(NCc2cccs2)c1C#N. The summed E-state index contributed by atoms with van der Waals surface area (Å²) in [6, 6.07) is 14.3. The van der Waals surface area contributed by atoms with E-state index < -0.39 is 0 Å². The van der Waals surface area contributed by atoms with Gasteiger partial charge in [-0.05, 0) is 23.8 Å². The lowest BCUT2D eigenvalue weighted by Crippen LogP contribution is -2.03. The summed E-state index contributed by atoms with van der Waals surface area (Å²) in [7, 11) is 0. The number of nitrogens with one attached hydrogen (secondary N) is 1. The number of anilines is 1. The molecule has 0 fully saturated rings. The van der Waals surface area contributed by atoms with Gasteiger partial charge in [-0.2, -0.15) is 5.26 Å². The van der Waals surface area contributed by atoms with Gasteiger partial charge in [0.15, 0.2) is 0 Å². The molecule has 5 heteroatoms. The molecule has 3 nitrogen and oxygen atoms in total. The molecule has 0 atom stereocenters. The molecule has 2 heterocycles. The summed E-state index contributed by atoms with van der Waals surface area (Å²) in [6.07, 6.45) is 1.95. The molecule has 0 radical (unpaired) electrons. The number of pyridine rings is 1. The number of para-hydroxylation sites is 1. The van der Waals surface area contributed by atoms with E-state index in [2.05, 4.69) is 27.8 Å². The molecule has 3 aromatic rings. The molecule has 0 unspecified atom stereocenters. The number of thioether (sulfide) groups is 1. The van der Waals surface area contributed by atoms with Crippen LogP contribution >= 0.6 is 23.1 Å². The van der Waals surface area contributed by atoms with Crippen molar-refractivity contribution >= 4 is 39.7 Å². The zero-order valence-corrected chi connectivity index (χ0v) is 13.1. The van der Waals surface area contributed by atoms with Crippen molar-refractivity contribution < 1.29 is 0 Å². The Kier molecular flexibility index (Phi) is 4.09. The molecule has 104 valence electrons. The van der Waals surface area contributed by atoms with E-state index in [-0.39, 0.29) is 0 Å². The highest BCUT2D eigenvalue weighted by molar-refractivity contribution is 7.98. The summed E-state index contributed by atoms with van der Waals surface area (Å²) in [5, 5.41) is 16.7. The molecular formula is C16H13N3S2. The van der Waals surface area contributed by atoms with Gasteiger partial charge in [0.1, 0.15) is 16.7 Å². The molecule has 3 rings (SSSR count). The minimum Gasteiger partial charge on any atom is -0.378 e. The van der Waals surface area contributed by atoms with Crippen LogP contribution < -0.4 is 5.32 Å². The van der Waals surface area contributed by atoms with Gasteiger partial charge in [0, 0.05) is 16.8 Å². The normalized spacial score (nSPS) is 10.5. The summed E-state index contributed by atoms with van der Waals surface area (Å²) in [4.78, 5) is 5.81. The van der Waals surface area contributed by atoms with Crippen molar-refractivity contribution in [1.29, 1.82) is 5.26 Å². The summed E-state index contributed by atoms with van der Waals surface area (Å²) >= 11 is 3.21. The molecule has 0 aliphatic carbocycles. The van der Waals surface area contributed by atoms with Gasteiger partial charge >= 0.3 is 0 Å². The molecule has 0 saturated carbocycles. The van der Waals surface area contributed by atoms with E-state index >= 15 is 0 Å². The average Bonchev–Trinajstić information content (AvgIpc) is 3.04. The number of thiophene rings is 1. The van der Waals surface area contributed by atoms with Crippen molar-refractivity contribution in [3.63, 3.8) is 0 Å². The number of nitriles is 1. The van der Waals surface area contributed by atoms with Gasteiger partial charge in [0.2, 0.25) is 0 Å². The third kappa shape index (κ3) is 2.73. The van der Waals surface area contributed by atoms with E-state index in [0.717, 1.165) is 21.6 Å². The van der Waals surface area contributed by atoms with E-state index in [9.17, 15) is 5.26 Å². The van der Waals surface area contributed by atoms with Crippen LogP contribution in [0.5, 0.6) is 0 Å². The van der Waals surface area contributed by atoms with Crippen molar-refractivity contribution in [2.24, 2.45) is 0 Å². The van der Waals surface area contributed by atoms with Crippen molar-refractivity contribution in [3.05, 3.63) is 52.2 Å². The maximum atomic E-state index is 9.51. The van der Waals surface area contributed by atoms with Crippen LogP contribution in [0.2, 0.25) is 0 Å². The number of aromatic nitrogens is 1. The van der Waals surface area contributed by atoms with Crippen LogP contribution in [0.15, 0.2) is 46.8 Å². The highest BCUT2D eigenvalue weighted by Gasteiger charge is 2.14. The Hall–Kier alpha value is -2.03. The Bertz CT molecular complexity index is 804. The second kappa shape index (κ2) is 6.17. The number of hydrogen-bond donors (Lipinski definition) is 1. The topological polar surface area (TPSA) is 48.7 Å². The van der Waals surface area contributed by atoms with E-state index in [0.29, 0.717) is 12.1 Å². The Morgan fingerprint density at radius 2 is 2.14 bits per heavy atom. The minimum absolute atomic E-state index is 0.623. The van der Waals surface area contributed by atoms with Crippen LogP contribution in [-0.2, 0) is 6.54 Å². The van der Waals surface area contributed by atoms with Gasteiger partial charge in [0.25, 0.3) is 0 Å². The van der Waals surface area contributed by atoms with E-state index in [1.165, 1.54) is 16.6 Å². The molecular weight excluding hydrogens is 298 g/mol. The smallest absolute Gasteiger partial charge is 0.116 e. The van der Waals surface area contributed by atoms with E-state index in [1.807, 2.05) is 36.6 Å². The summed E-state index contributed by atoms with van der Waals surface area (Å²) in [6.45, 7) is 0.716. The molecule has 0 amide bonds. The molecule has 0 spiro atoms. The third-order valence-corrected chi connectivity index (χ3v) is 4.74. The third-order valence-electron chi connectivity index (χ3n) is 3.18. The van der Waals surface area contributed by atoms with Gasteiger partial charge in [-0.3, -0.25) is 0 Å². The number of benzene rings is 1. The van der Waals surface area contributed by atoms with Crippen LogP contribution in [0, 0.1) is 11.3 Å². The highest BCUT2D eigenvalue weighted by atomic mass is 32.2. The number of hydrogen-bond acceptors (Lipinski definition) is 5. The molecule has 0 aliphatic rings. The zero-order valence-electron chi connectivity index (χ0n) is 11.5. The van der Waals surface area contributed by atoms with E-state index in [1.54, 1.807) is 11.3 Å². The van der Waals surface area contributed by atoms with Crippen molar-refractivity contribution in [2.45, 2.75) is 11.6 Å². The quantitative estimate of drug-likeness (QED) is 0.721. The molecule has 0 saturated heterocycles. The summed E-state index contributed by atoms with van der Waals surface area (Å²) < 4.78 is 0. The van der Waals surface area contributed by atoms with Gasteiger partial charge in [0.05, 0.1) is 11.2 Å². The van der Waals surface area contributed by atoms with Crippen LogP contribution in [-0.4, -0.2) is 11.2 Å². The fourth-order valence-electron chi connectivity index (χ4n) is 2.21. The second-order valence-electron chi connectivity index (χ2n) is 4.43. The van der Waals surface area contributed by atoms with Crippen molar-refractivity contribution in [2.75, 3.05) is 11.6 Å². The first kappa shape index (κ1) is 13.9. The van der Waals surface area contributed by atoms with Crippen molar-refractivity contribution in [1.82, 2.24) is 4.98 Å². The van der Waals surface area contributed by atoms with Crippen LogP contribution in [0.4, 0.5) is 5.69 Å². The lowest BCUT2D eigenvalue weighted by atomic mass is 10.1. The predicted octanol–water partition coefficient (Wildman–Crippen LogP) is 4.50. The fourth-order valence-corrected chi connectivity index (χ4v) is 3.40. The van der Waals surface area contributed by atoms with Gasteiger partial charge < -0.3 is 5.32 Å². The van der Waals surface area contributed by atoms with Gasteiger partial charge in [-0.25, -0.2) is 4.98 Å². The first-order chi connectivity index (χ1) is 10.3. The molecule has 1 aromatic carbocycles. The second-order valence-corrected chi connectivity index (χ2v) is 6.26.